The highest BCUT2D eigenvalue weighted by molar-refractivity contribution is 9.12. The molecule has 0 saturated carbocycles. The van der Waals surface area contributed by atoms with E-state index in [1.54, 1.807) is 23.1 Å². The topological polar surface area (TPSA) is 20.2 Å². The zero-order valence-electron chi connectivity index (χ0n) is 8.98. The van der Waals surface area contributed by atoms with Crippen molar-refractivity contribution in [3.05, 3.63) is 49.0 Å². The minimum Gasteiger partial charge on any atom is -0.384 e. The SMILES string of the molecule is CSc1ccc(C(O)c2cc(Br)sc2Br)cc1. The van der Waals surface area contributed by atoms with Crippen LogP contribution in [-0.4, -0.2) is 11.4 Å². The summed E-state index contributed by atoms with van der Waals surface area (Å²) in [6.45, 7) is 0. The average molecular weight is 394 g/mol. The molecule has 1 aromatic carbocycles. The fraction of sp³-hybridized carbons (Fsp3) is 0.167. The van der Waals surface area contributed by atoms with Crippen molar-refractivity contribution < 1.29 is 5.11 Å². The van der Waals surface area contributed by atoms with Gasteiger partial charge in [-0.2, -0.15) is 0 Å². The maximum atomic E-state index is 10.3. The molecule has 0 radical (unpaired) electrons. The molecule has 0 amide bonds. The first kappa shape index (κ1) is 13.6. The third kappa shape index (κ3) is 3.15. The van der Waals surface area contributed by atoms with Crippen molar-refractivity contribution in [2.45, 2.75) is 11.0 Å². The summed E-state index contributed by atoms with van der Waals surface area (Å²) >= 11 is 10.2. The van der Waals surface area contributed by atoms with E-state index in [4.69, 9.17) is 0 Å². The lowest BCUT2D eigenvalue weighted by Crippen LogP contribution is -1.98. The van der Waals surface area contributed by atoms with E-state index in [0.717, 1.165) is 18.7 Å². The second kappa shape index (κ2) is 5.89. The minimum absolute atomic E-state index is 0.581. The molecule has 1 N–H and O–H groups in total. The Labute approximate surface area is 126 Å². The Kier molecular flexibility index (Phi) is 4.72. The third-order valence-electron chi connectivity index (χ3n) is 2.41. The van der Waals surface area contributed by atoms with Gasteiger partial charge in [0.1, 0.15) is 6.10 Å². The number of rotatable bonds is 3. The molecule has 17 heavy (non-hydrogen) atoms. The molecule has 1 unspecified atom stereocenters. The van der Waals surface area contributed by atoms with Crippen molar-refractivity contribution in [2.24, 2.45) is 0 Å². The Balaban J connectivity index is 2.30. The molecule has 1 heterocycles. The van der Waals surface area contributed by atoms with E-state index in [2.05, 4.69) is 31.9 Å². The van der Waals surface area contributed by atoms with Crippen LogP contribution in [0.1, 0.15) is 17.2 Å². The first-order valence-corrected chi connectivity index (χ1v) is 8.51. The van der Waals surface area contributed by atoms with Crippen LogP contribution in [0.15, 0.2) is 42.8 Å². The second-order valence-electron chi connectivity index (χ2n) is 3.46. The zero-order valence-corrected chi connectivity index (χ0v) is 13.8. The number of thioether (sulfide) groups is 1. The molecule has 1 nitrogen and oxygen atoms in total. The number of thiophene rings is 1. The van der Waals surface area contributed by atoms with Crippen LogP contribution in [0, 0.1) is 0 Å². The summed E-state index contributed by atoms with van der Waals surface area (Å²) in [4.78, 5) is 1.20. The van der Waals surface area contributed by atoms with Gasteiger partial charge in [-0.05, 0) is 61.9 Å². The molecule has 5 heteroatoms. The molecular formula is C12H10Br2OS2. The number of benzene rings is 1. The number of hydrogen-bond acceptors (Lipinski definition) is 3. The normalized spacial score (nSPS) is 12.7. The van der Waals surface area contributed by atoms with Crippen LogP contribution in [0.5, 0.6) is 0 Å². The molecule has 0 spiro atoms. The Morgan fingerprint density at radius 2 is 1.88 bits per heavy atom. The molecule has 2 aromatic rings. The highest BCUT2D eigenvalue weighted by atomic mass is 79.9. The van der Waals surface area contributed by atoms with E-state index in [-0.39, 0.29) is 0 Å². The highest BCUT2D eigenvalue weighted by Crippen LogP contribution is 2.37. The van der Waals surface area contributed by atoms with Gasteiger partial charge < -0.3 is 5.11 Å². The van der Waals surface area contributed by atoms with Gasteiger partial charge in [0, 0.05) is 10.5 Å². The van der Waals surface area contributed by atoms with E-state index in [0.29, 0.717) is 0 Å². The molecule has 2 rings (SSSR count). The Morgan fingerprint density at radius 3 is 2.35 bits per heavy atom. The van der Waals surface area contributed by atoms with Crippen molar-refractivity contribution in [2.75, 3.05) is 6.26 Å². The maximum Gasteiger partial charge on any atom is 0.106 e. The van der Waals surface area contributed by atoms with E-state index in [1.807, 2.05) is 36.6 Å². The molecule has 90 valence electrons. The quantitative estimate of drug-likeness (QED) is 0.734. The third-order valence-corrected chi connectivity index (χ3v) is 5.54. The number of hydrogen-bond donors (Lipinski definition) is 1. The summed E-state index contributed by atoms with van der Waals surface area (Å²) in [5.41, 5.74) is 1.81. The average Bonchev–Trinajstić information content (AvgIpc) is 2.68. The van der Waals surface area contributed by atoms with Gasteiger partial charge in [0.15, 0.2) is 0 Å². The lowest BCUT2D eigenvalue weighted by Gasteiger charge is -2.10. The maximum absolute atomic E-state index is 10.3. The highest BCUT2D eigenvalue weighted by Gasteiger charge is 2.16. The summed E-state index contributed by atoms with van der Waals surface area (Å²) in [6.07, 6.45) is 1.46. The summed E-state index contributed by atoms with van der Waals surface area (Å²) in [7, 11) is 0. The van der Waals surface area contributed by atoms with Crippen molar-refractivity contribution >= 4 is 55.0 Å². The molecule has 0 aliphatic heterocycles. The summed E-state index contributed by atoms with van der Waals surface area (Å²) in [5, 5.41) is 10.3. The van der Waals surface area contributed by atoms with Crippen LogP contribution in [0.4, 0.5) is 0 Å². The molecule has 0 aliphatic carbocycles. The first-order valence-electron chi connectivity index (χ1n) is 4.88. The van der Waals surface area contributed by atoms with E-state index < -0.39 is 6.10 Å². The van der Waals surface area contributed by atoms with Crippen LogP contribution in [0.25, 0.3) is 0 Å². The lowest BCUT2D eigenvalue weighted by molar-refractivity contribution is 0.220. The number of aliphatic hydroxyl groups excluding tert-OH is 1. The van der Waals surface area contributed by atoms with Crippen LogP contribution < -0.4 is 0 Å². The van der Waals surface area contributed by atoms with Gasteiger partial charge in [0.25, 0.3) is 0 Å². The predicted octanol–water partition coefficient (Wildman–Crippen LogP) is 5.08. The van der Waals surface area contributed by atoms with Gasteiger partial charge in [-0.25, -0.2) is 0 Å². The van der Waals surface area contributed by atoms with E-state index >= 15 is 0 Å². The van der Waals surface area contributed by atoms with Gasteiger partial charge in [-0.1, -0.05) is 12.1 Å². The van der Waals surface area contributed by atoms with Gasteiger partial charge >= 0.3 is 0 Å². The van der Waals surface area contributed by atoms with Crippen LogP contribution in [-0.2, 0) is 0 Å². The Morgan fingerprint density at radius 1 is 1.24 bits per heavy atom. The van der Waals surface area contributed by atoms with E-state index in [1.165, 1.54) is 4.90 Å². The molecule has 1 atom stereocenters. The Hall–Kier alpha value is 0.190. The van der Waals surface area contributed by atoms with Crippen molar-refractivity contribution in [3.8, 4) is 0 Å². The summed E-state index contributed by atoms with van der Waals surface area (Å²) in [5.74, 6) is 0. The van der Waals surface area contributed by atoms with Crippen molar-refractivity contribution in [1.29, 1.82) is 0 Å². The standard InChI is InChI=1S/C12H10Br2OS2/c1-16-8-4-2-7(3-5-8)11(15)9-6-10(13)17-12(9)14/h2-6,11,15H,1H3. The first-order chi connectivity index (χ1) is 8.11. The molecular weight excluding hydrogens is 384 g/mol. The van der Waals surface area contributed by atoms with Crippen LogP contribution in [0.3, 0.4) is 0 Å². The number of aliphatic hydroxyl groups is 1. The smallest absolute Gasteiger partial charge is 0.106 e. The van der Waals surface area contributed by atoms with Gasteiger partial charge in [0.2, 0.25) is 0 Å². The summed E-state index contributed by atoms with van der Waals surface area (Å²) < 4.78 is 1.98. The van der Waals surface area contributed by atoms with Crippen LogP contribution >= 0.6 is 55.0 Å². The second-order valence-corrected chi connectivity index (χ2v) is 8.08. The van der Waals surface area contributed by atoms with Crippen molar-refractivity contribution in [3.63, 3.8) is 0 Å². The fourth-order valence-electron chi connectivity index (χ4n) is 1.51. The summed E-state index contributed by atoms with van der Waals surface area (Å²) in [6, 6.07) is 9.93. The predicted molar refractivity (Wildman–Crippen MR) is 82.0 cm³/mol. The Bertz CT molecular complexity index is 508. The van der Waals surface area contributed by atoms with Gasteiger partial charge in [-0.15, -0.1) is 23.1 Å². The van der Waals surface area contributed by atoms with Gasteiger partial charge in [0.05, 0.1) is 7.57 Å². The molecule has 1 aromatic heterocycles. The molecule has 0 aliphatic rings. The monoisotopic (exact) mass is 392 g/mol. The van der Waals surface area contributed by atoms with Crippen LogP contribution in [0.2, 0.25) is 0 Å². The van der Waals surface area contributed by atoms with Crippen molar-refractivity contribution in [1.82, 2.24) is 0 Å². The van der Waals surface area contributed by atoms with E-state index in [9.17, 15) is 5.11 Å². The molecule has 0 fully saturated rings. The van der Waals surface area contributed by atoms with Gasteiger partial charge in [-0.3, -0.25) is 0 Å². The molecule has 0 saturated heterocycles. The minimum atomic E-state index is -0.581. The zero-order chi connectivity index (χ0) is 12.4. The largest absolute Gasteiger partial charge is 0.384 e. The fourth-order valence-corrected chi connectivity index (χ4v) is 4.80. The lowest BCUT2D eigenvalue weighted by atomic mass is 10.0. The molecule has 0 bridgehead atoms. The number of halogens is 2.